The third kappa shape index (κ3) is 4.95. The van der Waals surface area contributed by atoms with Crippen molar-refractivity contribution in [2.24, 2.45) is 0 Å². The van der Waals surface area contributed by atoms with E-state index >= 15 is 0 Å². The first-order chi connectivity index (χ1) is 11.7. The monoisotopic (exact) mass is 363 g/mol. The van der Waals surface area contributed by atoms with E-state index in [-0.39, 0.29) is 23.5 Å². The Balaban J connectivity index is 1.50. The summed E-state index contributed by atoms with van der Waals surface area (Å²) in [5, 5.41) is 12.8. The molecule has 2 aromatic rings. The first-order valence-corrected chi connectivity index (χ1v) is 10.5. The predicted molar refractivity (Wildman–Crippen MR) is 97.1 cm³/mol. The number of nitrogens with one attached hydrogen (secondary N) is 1. The van der Waals surface area contributed by atoms with Gasteiger partial charge in [-0.05, 0) is 12.8 Å². The Morgan fingerprint density at radius 3 is 2.67 bits per heavy atom. The van der Waals surface area contributed by atoms with Gasteiger partial charge in [0, 0.05) is 22.4 Å². The zero-order valence-electron chi connectivity index (χ0n) is 13.4. The van der Waals surface area contributed by atoms with Crippen molar-refractivity contribution in [2.45, 2.75) is 43.9 Å². The molecule has 1 atom stereocenters. The van der Waals surface area contributed by atoms with Gasteiger partial charge < -0.3 is 5.32 Å². The minimum Gasteiger partial charge on any atom is -0.353 e. The lowest BCUT2D eigenvalue weighted by Crippen LogP contribution is -2.38. The van der Waals surface area contributed by atoms with Crippen LogP contribution in [0.1, 0.15) is 37.1 Å². The van der Waals surface area contributed by atoms with Crippen LogP contribution in [0.5, 0.6) is 0 Å². The van der Waals surface area contributed by atoms with Gasteiger partial charge in [-0.2, -0.15) is 0 Å². The number of benzene rings is 1. The Morgan fingerprint density at radius 1 is 1.17 bits per heavy atom. The van der Waals surface area contributed by atoms with Crippen LogP contribution in [0.2, 0.25) is 0 Å². The quantitative estimate of drug-likeness (QED) is 0.856. The lowest BCUT2D eigenvalue weighted by atomic mass is 9.95. The van der Waals surface area contributed by atoms with Crippen molar-refractivity contribution < 1.29 is 9.00 Å². The third-order valence-electron chi connectivity index (χ3n) is 4.03. The Bertz CT molecular complexity index is 697. The van der Waals surface area contributed by atoms with Crippen LogP contribution in [0.25, 0.3) is 10.6 Å². The summed E-state index contributed by atoms with van der Waals surface area (Å²) in [6.07, 6.45) is 5.66. The fourth-order valence-corrected chi connectivity index (χ4v) is 4.94. The fourth-order valence-electron chi connectivity index (χ4n) is 2.86. The molecule has 7 heteroatoms. The van der Waals surface area contributed by atoms with Crippen molar-refractivity contribution in [2.75, 3.05) is 5.75 Å². The highest BCUT2D eigenvalue weighted by Gasteiger charge is 2.18. The van der Waals surface area contributed by atoms with Crippen LogP contribution in [-0.2, 0) is 21.3 Å². The average molecular weight is 364 g/mol. The summed E-state index contributed by atoms with van der Waals surface area (Å²) in [4.78, 5) is 12.0. The van der Waals surface area contributed by atoms with Gasteiger partial charge in [-0.1, -0.05) is 60.9 Å². The van der Waals surface area contributed by atoms with Gasteiger partial charge in [0.1, 0.15) is 15.8 Å². The van der Waals surface area contributed by atoms with Gasteiger partial charge >= 0.3 is 0 Å². The van der Waals surface area contributed by atoms with Crippen molar-refractivity contribution in [3.05, 3.63) is 35.3 Å². The third-order valence-corrected chi connectivity index (χ3v) is 6.37. The number of nitrogens with zero attached hydrogens (tertiary/aromatic N) is 2. The van der Waals surface area contributed by atoms with Gasteiger partial charge in [-0.3, -0.25) is 9.00 Å². The zero-order chi connectivity index (χ0) is 16.8. The van der Waals surface area contributed by atoms with Crippen LogP contribution in [0.15, 0.2) is 30.3 Å². The maximum atomic E-state index is 12.2. The van der Waals surface area contributed by atoms with Gasteiger partial charge in [-0.25, -0.2) is 0 Å². The maximum Gasteiger partial charge on any atom is 0.232 e. The van der Waals surface area contributed by atoms with E-state index in [1.54, 1.807) is 0 Å². The zero-order valence-corrected chi connectivity index (χ0v) is 15.1. The van der Waals surface area contributed by atoms with E-state index in [0.29, 0.717) is 5.01 Å². The van der Waals surface area contributed by atoms with Crippen LogP contribution in [0.4, 0.5) is 0 Å². The molecule has 0 bridgehead atoms. The lowest BCUT2D eigenvalue weighted by molar-refractivity contribution is -0.119. The lowest BCUT2D eigenvalue weighted by Gasteiger charge is -2.22. The Hall–Kier alpha value is -1.60. The van der Waals surface area contributed by atoms with Crippen molar-refractivity contribution >= 4 is 28.0 Å². The van der Waals surface area contributed by atoms with E-state index in [0.717, 1.165) is 23.4 Å². The summed E-state index contributed by atoms with van der Waals surface area (Å²) >= 11 is 1.43. The number of hydrogen-bond acceptors (Lipinski definition) is 5. The second-order valence-electron chi connectivity index (χ2n) is 6.00. The van der Waals surface area contributed by atoms with E-state index in [4.69, 9.17) is 0 Å². The molecule has 3 rings (SSSR count). The molecular formula is C17H21N3O2S2. The molecule has 1 aliphatic rings. The molecule has 1 heterocycles. The number of amides is 1. The smallest absolute Gasteiger partial charge is 0.232 e. The predicted octanol–water partition coefficient (Wildman–Crippen LogP) is 2.90. The second kappa shape index (κ2) is 8.48. The Kier molecular flexibility index (Phi) is 6.09. The van der Waals surface area contributed by atoms with Crippen LogP contribution in [-0.4, -0.2) is 32.1 Å². The highest BCUT2D eigenvalue weighted by atomic mass is 32.2. The Morgan fingerprint density at radius 2 is 1.92 bits per heavy atom. The van der Waals surface area contributed by atoms with Crippen LogP contribution < -0.4 is 5.32 Å². The normalized spacial score (nSPS) is 16.7. The molecule has 128 valence electrons. The fraction of sp³-hybridized carbons (Fsp3) is 0.471. The molecule has 0 saturated heterocycles. The summed E-state index contributed by atoms with van der Waals surface area (Å²) in [5.41, 5.74) is 1.00. The number of aromatic nitrogens is 2. The van der Waals surface area contributed by atoms with E-state index in [1.807, 2.05) is 30.3 Å². The molecule has 1 saturated carbocycles. The van der Waals surface area contributed by atoms with Gasteiger partial charge in [0.05, 0.1) is 5.75 Å². The maximum absolute atomic E-state index is 12.2. The second-order valence-corrected chi connectivity index (χ2v) is 8.52. The van der Waals surface area contributed by atoms with Crippen LogP contribution in [0, 0.1) is 0 Å². The summed E-state index contributed by atoms with van der Waals surface area (Å²) < 4.78 is 12.2. The largest absolute Gasteiger partial charge is 0.353 e. The molecule has 0 aliphatic heterocycles. The van der Waals surface area contributed by atoms with Crippen molar-refractivity contribution in [1.29, 1.82) is 0 Å². The Labute approximate surface area is 148 Å². The molecule has 1 fully saturated rings. The number of hydrogen-bond donors (Lipinski definition) is 1. The van der Waals surface area contributed by atoms with E-state index in [9.17, 15) is 9.00 Å². The minimum absolute atomic E-state index is 0.0384. The van der Waals surface area contributed by atoms with Crippen LogP contribution >= 0.6 is 11.3 Å². The molecule has 24 heavy (non-hydrogen) atoms. The molecule has 0 spiro atoms. The standard InChI is InChI=1S/C17H21N3O2S2/c21-15(18-14-9-5-2-6-10-14)11-24(22)12-16-19-20-17(23-16)13-7-3-1-4-8-13/h1,3-4,7-8,14H,2,5-6,9-12H2,(H,18,21)/t24-/m1/s1. The topological polar surface area (TPSA) is 72.0 Å². The van der Waals surface area contributed by atoms with Crippen molar-refractivity contribution in [3.8, 4) is 10.6 Å². The van der Waals surface area contributed by atoms with E-state index < -0.39 is 10.8 Å². The molecule has 5 nitrogen and oxygen atoms in total. The number of carbonyl (C=O) groups excluding carboxylic acids is 1. The highest BCUT2D eigenvalue weighted by Crippen LogP contribution is 2.23. The van der Waals surface area contributed by atoms with Crippen LogP contribution in [0.3, 0.4) is 0 Å². The first kappa shape index (κ1) is 17.2. The minimum atomic E-state index is -1.25. The van der Waals surface area contributed by atoms with E-state index in [2.05, 4.69) is 15.5 Å². The summed E-state index contributed by atoms with van der Waals surface area (Å²) in [6.45, 7) is 0. The average Bonchev–Trinajstić information content (AvgIpc) is 3.04. The van der Waals surface area contributed by atoms with Gasteiger partial charge in [0.25, 0.3) is 0 Å². The molecule has 1 aliphatic carbocycles. The van der Waals surface area contributed by atoms with Gasteiger partial charge in [-0.15, -0.1) is 10.2 Å². The molecule has 1 N–H and O–H groups in total. The molecule has 1 aromatic carbocycles. The molecular weight excluding hydrogens is 342 g/mol. The highest BCUT2D eigenvalue weighted by molar-refractivity contribution is 7.85. The number of carbonyl (C=O) groups is 1. The summed E-state index contributed by atoms with van der Waals surface area (Å²) in [6, 6.07) is 10.0. The molecule has 1 amide bonds. The number of rotatable bonds is 6. The van der Waals surface area contributed by atoms with Gasteiger partial charge in [0.15, 0.2) is 0 Å². The summed E-state index contributed by atoms with van der Waals surface area (Å²) in [7, 11) is -1.25. The van der Waals surface area contributed by atoms with Crippen molar-refractivity contribution in [1.82, 2.24) is 15.5 Å². The molecule has 0 unspecified atom stereocenters. The molecule has 0 radical (unpaired) electrons. The first-order valence-electron chi connectivity index (χ1n) is 8.23. The van der Waals surface area contributed by atoms with Gasteiger partial charge in [0.2, 0.25) is 5.91 Å². The summed E-state index contributed by atoms with van der Waals surface area (Å²) in [5.74, 6) is 0.201. The SMILES string of the molecule is O=C(C[S@@](=O)Cc1nnc(-c2ccccc2)s1)NC1CCCCC1. The van der Waals surface area contributed by atoms with E-state index in [1.165, 1.54) is 30.6 Å². The van der Waals surface area contributed by atoms with Crippen molar-refractivity contribution in [3.63, 3.8) is 0 Å². The molecule has 1 aromatic heterocycles.